The summed E-state index contributed by atoms with van der Waals surface area (Å²) in [6.45, 7) is 4.68. The van der Waals surface area contributed by atoms with Crippen molar-refractivity contribution < 1.29 is 22.8 Å². The number of aryl methyl sites for hydroxylation is 2. The van der Waals surface area contributed by atoms with Crippen molar-refractivity contribution in [2.45, 2.75) is 26.9 Å². The van der Waals surface area contributed by atoms with Crippen molar-refractivity contribution >= 4 is 23.2 Å². The van der Waals surface area contributed by atoms with Gasteiger partial charge in [-0.25, -0.2) is 0 Å². The highest BCUT2D eigenvalue weighted by Crippen LogP contribution is 2.30. The number of hydrogen-bond acceptors (Lipinski definition) is 2. The molecule has 0 saturated heterocycles. The molecule has 0 heterocycles. The van der Waals surface area contributed by atoms with Crippen molar-refractivity contribution in [2.75, 3.05) is 16.8 Å². The molecule has 0 saturated carbocycles. The summed E-state index contributed by atoms with van der Waals surface area (Å²) in [7, 11) is 0. The maximum Gasteiger partial charge on any atom is 0.416 e. The van der Waals surface area contributed by atoms with Gasteiger partial charge in [-0.2, -0.15) is 13.2 Å². The summed E-state index contributed by atoms with van der Waals surface area (Å²) in [5, 5.41) is 2.73. The van der Waals surface area contributed by atoms with Gasteiger partial charge in [0.05, 0.1) is 5.56 Å². The molecule has 0 bridgehead atoms. The number of carbonyl (C=O) groups is 2. The van der Waals surface area contributed by atoms with Crippen LogP contribution >= 0.6 is 0 Å². The molecule has 138 valence electrons. The summed E-state index contributed by atoms with van der Waals surface area (Å²) >= 11 is 0. The molecule has 0 aromatic heterocycles. The highest BCUT2D eigenvalue weighted by molar-refractivity contribution is 6.02. The Morgan fingerprint density at radius 1 is 1.04 bits per heavy atom. The smallest absolute Gasteiger partial charge is 0.324 e. The van der Waals surface area contributed by atoms with Gasteiger partial charge in [-0.15, -0.1) is 0 Å². The van der Waals surface area contributed by atoms with Gasteiger partial charge in [0.1, 0.15) is 6.54 Å². The average molecular weight is 364 g/mol. The number of carbonyl (C=O) groups excluding carboxylic acids is 2. The lowest BCUT2D eigenvalue weighted by atomic mass is 10.1. The van der Waals surface area contributed by atoms with Crippen molar-refractivity contribution in [1.82, 2.24) is 0 Å². The normalized spacial score (nSPS) is 11.2. The highest BCUT2D eigenvalue weighted by Gasteiger charge is 2.30. The molecule has 2 aromatic rings. The number of rotatable bonds is 4. The molecular weight excluding hydrogens is 345 g/mol. The van der Waals surface area contributed by atoms with E-state index in [2.05, 4.69) is 5.32 Å². The van der Waals surface area contributed by atoms with Crippen LogP contribution in [0.3, 0.4) is 0 Å². The van der Waals surface area contributed by atoms with Gasteiger partial charge < -0.3 is 10.2 Å². The molecule has 0 radical (unpaired) electrons. The van der Waals surface area contributed by atoms with E-state index in [0.29, 0.717) is 5.69 Å². The van der Waals surface area contributed by atoms with Gasteiger partial charge >= 0.3 is 6.18 Å². The molecular formula is C19H19F3N2O2. The van der Waals surface area contributed by atoms with Crippen LogP contribution in [-0.4, -0.2) is 18.4 Å². The predicted molar refractivity (Wildman–Crippen MR) is 94.0 cm³/mol. The summed E-state index contributed by atoms with van der Waals surface area (Å²) in [5.41, 5.74) is 1.88. The molecule has 0 aliphatic heterocycles. The van der Waals surface area contributed by atoms with Crippen molar-refractivity contribution in [2.24, 2.45) is 0 Å². The molecule has 26 heavy (non-hydrogen) atoms. The molecule has 0 aliphatic carbocycles. The van der Waals surface area contributed by atoms with Crippen LogP contribution in [0.4, 0.5) is 24.5 Å². The van der Waals surface area contributed by atoms with Crippen molar-refractivity contribution in [3.05, 3.63) is 59.2 Å². The second-order valence-electron chi connectivity index (χ2n) is 6.02. The average Bonchev–Trinajstić information content (AvgIpc) is 2.55. The zero-order valence-electron chi connectivity index (χ0n) is 14.6. The minimum absolute atomic E-state index is 0.224. The van der Waals surface area contributed by atoms with E-state index in [-0.39, 0.29) is 12.2 Å². The number of benzene rings is 2. The fourth-order valence-electron chi connectivity index (χ4n) is 2.42. The van der Waals surface area contributed by atoms with E-state index in [1.807, 2.05) is 32.0 Å². The summed E-state index contributed by atoms with van der Waals surface area (Å²) < 4.78 is 38.0. The number of nitrogens with one attached hydrogen (secondary N) is 1. The van der Waals surface area contributed by atoms with Gasteiger partial charge in [0.25, 0.3) is 0 Å². The summed E-state index contributed by atoms with van der Waals surface area (Å²) in [6, 6.07) is 9.70. The molecule has 2 amide bonds. The Labute approximate surface area is 149 Å². The van der Waals surface area contributed by atoms with E-state index in [9.17, 15) is 22.8 Å². The van der Waals surface area contributed by atoms with Crippen LogP contribution in [0.5, 0.6) is 0 Å². The monoisotopic (exact) mass is 364 g/mol. The largest absolute Gasteiger partial charge is 0.416 e. The van der Waals surface area contributed by atoms with Crippen LogP contribution in [-0.2, 0) is 15.8 Å². The number of alkyl halides is 3. The second-order valence-corrected chi connectivity index (χ2v) is 6.02. The minimum Gasteiger partial charge on any atom is -0.324 e. The molecule has 0 aliphatic rings. The first kappa shape index (κ1) is 19.5. The van der Waals surface area contributed by atoms with Crippen LogP contribution in [0.2, 0.25) is 0 Å². The van der Waals surface area contributed by atoms with Crippen molar-refractivity contribution in [1.29, 1.82) is 0 Å². The quantitative estimate of drug-likeness (QED) is 0.879. The van der Waals surface area contributed by atoms with E-state index in [1.54, 1.807) is 0 Å². The lowest BCUT2D eigenvalue weighted by molar-refractivity contribution is -0.137. The van der Waals surface area contributed by atoms with Gasteiger partial charge in [-0.1, -0.05) is 12.1 Å². The van der Waals surface area contributed by atoms with Gasteiger partial charge in [-0.05, 0) is 55.3 Å². The first-order chi connectivity index (χ1) is 12.1. The van der Waals surface area contributed by atoms with Crippen LogP contribution in [0.15, 0.2) is 42.5 Å². The number of hydrogen-bond donors (Lipinski definition) is 1. The summed E-state index contributed by atoms with van der Waals surface area (Å²) in [6.07, 6.45) is -4.46. The Balaban J connectivity index is 2.16. The van der Waals surface area contributed by atoms with Gasteiger partial charge in [0.15, 0.2) is 0 Å². The Morgan fingerprint density at radius 2 is 1.65 bits per heavy atom. The molecule has 4 nitrogen and oxygen atoms in total. The maximum absolute atomic E-state index is 12.7. The SMILES string of the molecule is CC(=O)N(CC(=O)Nc1cc(C)ccc1C)c1ccc(C(F)(F)F)cc1. The van der Waals surface area contributed by atoms with Gasteiger partial charge in [-0.3, -0.25) is 9.59 Å². The maximum atomic E-state index is 12.7. The first-order valence-corrected chi connectivity index (χ1v) is 7.90. The molecule has 0 fully saturated rings. The molecule has 1 N–H and O–H groups in total. The third-order valence-corrected chi connectivity index (χ3v) is 3.86. The number of anilines is 2. The molecule has 0 unspecified atom stereocenters. The standard InChI is InChI=1S/C19H19F3N2O2/c1-12-4-5-13(2)17(10-12)23-18(26)11-24(14(3)25)16-8-6-15(7-9-16)19(20,21)22/h4-10H,11H2,1-3H3,(H,23,26). The number of halogens is 3. The number of nitrogens with zero attached hydrogens (tertiary/aromatic N) is 1. The zero-order chi connectivity index (χ0) is 19.5. The lowest BCUT2D eigenvalue weighted by Crippen LogP contribution is -2.36. The molecule has 0 spiro atoms. The van der Waals surface area contributed by atoms with E-state index in [1.165, 1.54) is 19.1 Å². The van der Waals surface area contributed by atoms with Crippen molar-refractivity contribution in [3.8, 4) is 0 Å². The summed E-state index contributed by atoms with van der Waals surface area (Å²) in [5.74, 6) is -0.880. The Morgan fingerprint density at radius 3 is 2.19 bits per heavy atom. The van der Waals surface area contributed by atoms with Crippen LogP contribution in [0.1, 0.15) is 23.6 Å². The topological polar surface area (TPSA) is 49.4 Å². The number of amides is 2. The molecule has 2 rings (SSSR count). The minimum atomic E-state index is -4.46. The fourth-order valence-corrected chi connectivity index (χ4v) is 2.42. The van der Waals surface area contributed by atoms with Gasteiger partial charge in [0.2, 0.25) is 11.8 Å². The van der Waals surface area contributed by atoms with Crippen molar-refractivity contribution in [3.63, 3.8) is 0 Å². The Bertz CT molecular complexity index is 815. The van der Waals surface area contributed by atoms with E-state index in [4.69, 9.17) is 0 Å². The lowest BCUT2D eigenvalue weighted by Gasteiger charge is -2.21. The Kier molecular flexibility index (Phi) is 5.69. The zero-order valence-corrected chi connectivity index (χ0v) is 14.6. The Hall–Kier alpha value is -2.83. The van der Waals surface area contributed by atoms with Crippen LogP contribution < -0.4 is 10.2 Å². The van der Waals surface area contributed by atoms with E-state index >= 15 is 0 Å². The van der Waals surface area contributed by atoms with E-state index in [0.717, 1.165) is 28.2 Å². The molecule has 2 aromatic carbocycles. The first-order valence-electron chi connectivity index (χ1n) is 7.90. The third kappa shape index (κ3) is 4.84. The van der Waals surface area contributed by atoms with Crippen LogP contribution in [0, 0.1) is 13.8 Å². The third-order valence-electron chi connectivity index (χ3n) is 3.86. The molecule has 0 atom stereocenters. The highest BCUT2D eigenvalue weighted by atomic mass is 19.4. The summed E-state index contributed by atoms with van der Waals surface area (Å²) in [4.78, 5) is 25.3. The van der Waals surface area contributed by atoms with Gasteiger partial charge in [0, 0.05) is 18.3 Å². The second kappa shape index (κ2) is 7.59. The van der Waals surface area contributed by atoms with Crippen LogP contribution in [0.25, 0.3) is 0 Å². The fraction of sp³-hybridized carbons (Fsp3) is 0.263. The van der Waals surface area contributed by atoms with E-state index < -0.39 is 23.6 Å². The predicted octanol–water partition coefficient (Wildman–Crippen LogP) is 4.31. The molecule has 7 heteroatoms.